The summed E-state index contributed by atoms with van der Waals surface area (Å²) in [4.78, 5) is 14.5. The van der Waals surface area contributed by atoms with E-state index < -0.39 is 17.2 Å². The molecule has 1 aliphatic heterocycles. The fraction of sp³-hybridized carbons (Fsp3) is 0.458. The zero-order valence-electron chi connectivity index (χ0n) is 18.5. The summed E-state index contributed by atoms with van der Waals surface area (Å²) in [5, 5.41) is 0. The first kappa shape index (κ1) is 23.4. The van der Waals surface area contributed by atoms with E-state index in [1.807, 2.05) is 12.1 Å². The lowest BCUT2D eigenvalue weighted by atomic mass is 10.0. The van der Waals surface area contributed by atoms with E-state index in [-0.39, 0.29) is 12.6 Å². The highest BCUT2D eigenvalue weighted by molar-refractivity contribution is 7.80. The number of carbonyl (C=O) groups is 1. The van der Waals surface area contributed by atoms with Crippen molar-refractivity contribution in [2.24, 2.45) is 0 Å². The van der Waals surface area contributed by atoms with Crippen LogP contribution in [0.4, 0.5) is 5.69 Å². The molecule has 1 aliphatic rings. The Balaban J connectivity index is 1.63. The van der Waals surface area contributed by atoms with Crippen LogP contribution in [0, 0.1) is 0 Å². The molecule has 7 heteroatoms. The number of likely N-dealkylation sites (tertiary alicyclic amines) is 1. The van der Waals surface area contributed by atoms with Crippen LogP contribution in [0.25, 0.3) is 11.1 Å². The third-order valence-corrected chi connectivity index (χ3v) is 6.37. The third-order valence-electron chi connectivity index (χ3n) is 5.65. The standard InChI is InChI=1S/C24H32N2O4S/c1-18(2)30-24(27)17-26(31(28)29)23-12-10-22(11-13-23)21-8-6-20(7-9-21)14-16-25-15-4-5-19(25)3/h6-13,18-19H,4-5,14-17H2,1-3H3,(H,28,29). The van der Waals surface area contributed by atoms with Gasteiger partial charge in [0.2, 0.25) is 0 Å². The van der Waals surface area contributed by atoms with Gasteiger partial charge in [0.1, 0.15) is 6.54 Å². The second-order valence-corrected chi connectivity index (χ2v) is 9.23. The van der Waals surface area contributed by atoms with Gasteiger partial charge in [-0.2, -0.15) is 0 Å². The molecule has 6 nitrogen and oxygen atoms in total. The predicted octanol–water partition coefficient (Wildman–Crippen LogP) is 4.28. The van der Waals surface area contributed by atoms with Crippen LogP contribution in [0.2, 0.25) is 0 Å². The van der Waals surface area contributed by atoms with Crippen LogP contribution in [-0.4, -0.2) is 51.4 Å². The van der Waals surface area contributed by atoms with Gasteiger partial charge in [-0.15, -0.1) is 0 Å². The van der Waals surface area contributed by atoms with Gasteiger partial charge in [0, 0.05) is 12.6 Å². The average Bonchev–Trinajstić information content (AvgIpc) is 3.15. The van der Waals surface area contributed by atoms with Gasteiger partial charge >= 0.3 is 5.97 Å². The van der Waals surface area contributed by atoms with Gasteiger partial charge in [0.15, 0.2) is 0 Å². The SMILES string of the molecule is CC(C)OC(=O)CN(c1ccc(-c2ccc(CCN3CCCC3C)cc2)cc1)S(=O)O. The lowest BCUT2D eigenvalue weighted by Gasteiger charge is -2.21. The number of carbonyl (C=O) groups excluding carboxylic acids is 1. The Morgan fingerprint density at radius 1 is 1.16 bits per heavy atom. The van der Waals surface area contributed by atoms with Crippen LogP contribution >= 0.6 is 0 Å². The predicted molar refractivity (Wildman–Crippen MR) is 125 cm³/mol. The van der Waals surface area contributed by atoms with E-state index >= 15 is 0 Å². The lowest BCUT2D eigenvalue weighted by Crippen LogP contribution is -2.33. The Morgan fingerprint density at radius 3 is 2.29 bits per heavy atom. The molecule has 0 radical (unpaired) electrons. The molecule has 0 bridgehead atoms. The van der Waals surface area contributed by atoms with Gasteiger partial charge in [-0.1, -0.05) is 36.4 Å². The van der Waals surface area contributed by atoms with Crippen molar-refractivity contribution in [3.05, 3.63) is 54.1 Å². The largest absolute Gasteiger partial charge is 0.462 e. The van der Waals surface area contributed by atoms with E-state index in [0.717, 1.165) is 28.4 Å². The summed E-state index contributed by atoms with van der Waals surface area (Å²) in [7, 11) is 0. The Labute approximate surface area is 187 Å². The topological polar surface area (TPSA) is 70.1 Å². The summed E-state index contributed by atoms with van der Waals surface area (Å²) in [6.45, 7) is 7.81. The van der Waals surface area contributed by atoms with E-state index in [0.29, 0.717) is 11.7 Å². The summed E-state index contributed by atoms with van der Waals surface area (Å²) in [6, 6.07) is 16.5. The molecule has 0 aromatic heterocycles. The Bertz CT molecular complexity index is 883. The lowest BCUT2D eigenvalue weighted by molar-refractivity contribution is -0.145. The Kier molecular flexibility index (Phi) is 8.23. The van der Waals surface area contributed by atoms with Crippen molar-refractivity contribution in [2.75, 3.05) is 23.9 Å². The van der Waals surface area contributed by atoms with Crippen molar-refractivity contribution in [2.45, 2.75) is 52.2 Å². The molecule has 2 aromatic rings. The maximum Gasteiger partial charge on any atom is 0.327 e. The van der Waals surface area contributed by atoms with Gasteiger partial charge in [-0.3, -0.25) is 13.7 Å². The van der Waals surface area contributed by atoms with E-state index in [1.165, 1.54) is 24.9 Å². The minimum absolute atomic E-state index is 0.273. The molecule has 31 heavy (non-hydrogen) atoms. The molecule has 1 saturated heterocycles. The van der Waals surface area contributed by atoms with Crippen LogP contribution in [0.1, 0.15) is 39.2 Å². The fourth-order valence-electron chi connectivity index (χ4n) is 3.94. The first-order valence-corrected chi connectivity index (χ1v) is 11.9. The molecule has 0 amide bonds. The molecule has 0 aliphatic carbocycles. The molecule has 1 fully saturated rings. The van der Waals surface area contributed by atoms with E-state index in [9.17, 15) is 13.6 Å². The summed E-state index contributed by atoms with van der Waals surface area (Å²) in [5.41, 5.74) is 3.91. The van der Waals surface area contributed by atoms with Crippen molar-refractivity contribution in [1.82, 2.24) is 4.90 Å². The minimum atomic E-state index is -2.32. The zero-order valence-corrected chi connectivity index (χ0v) is 19.3. The highest BCUT2D eigenvalue weighted by atomic mass is 32.2. The number of esters is 1. The first-order chi connectivity index (χ1) is 14.8. The van der Waals surface area contributed by atoms with Crippen molar-refractivity contribution < 1.29 is 18.3 Å². The van der Waals surface area contributed by atoms with E-state index in [1.54, 1.807) is 26.0 Å². The van der Waals surface area contributed by atoms with Gasteiger partial charge < -0.3 is 9.64 Å². The number of hydrogen-bond donors (Lipinski definition) is 1. The number of hydrogen-bond acceptors (Lipinski definition) is 4. The molecule has 2 unspecified atom stereocenters. The van der Waals surface area contributed by atoms with Crippen LogP contribution in [0.15, 0.2) is 48.5 Å². The smallest absolute Gasteiger partial charge is 0.327 e. The summed E-state index contributed by atoms with van der Waals surface area (Å²) < 4.78 is 27.5. The minimum Gasteiger partial charge on any atom is -0.462 e. The van der Waals surface area contributed by atoms with Crippen LogP contribution in [0.3, 0.4) is 0 Å². The molecule has 2 aromatic carbocycles. The van der Waals surface area contributed by atoms with Gasteiger partial charge in [0.25, 0.3) is 11.3 Å². The van der Waals surface area contributed by atoms with E-state index in [4.69, 9.17) is 4.74 Å². The molecular formula is C24H32N2O4S. The number of ether oxygens (including phenoxy) is 1. The number of anilines is 1. The van der Waals surface area contributed by atoms with E-state index in [2.05, 4.69) is 36.1 Å². The third kappa shape index (κ3) is 6.63. The maximum atomic E-state index is 11.9. The number of rotatable bonds is 9. The second kappa shape index (κ2) is 10.9. The molecule has 0 saturated carbocycles. The van der Waals surface area contributed by atoms with Gasteiger partial charge in [-0.25, -0.2) is 4.21 Å². The summed E-state index contributed by atoms with van der Waals surface area (Å²) >= 11 is -2.32. The number of nitrogens with zero attached hydrogens (tertiary/aromatic N) is 2. The summed E-state index contributed by atoms with van der Waals surface area (Å²) in [5.74, 6) is -0.541. The Hall–Kier alpha value is -2.22. The second-order valence-electron chi connectivity index (χ2n) is 8.33. The van der Waals surface area contributed by atoms with Crippen molar-refractivity contribution in [1.29, 1.82) is 0 Å². The molecule has 1 heterocycles. The van der Waals surface area contributed by atoms with Crippen molar-refractivity contribution >= 4 is 22.9 Å². The quantitative estimate of drug-likeness (QED) is 0.462. The average molecular weight is 445 g/mol. The highest BCUT2D eigenvalue weighted by Crippen LogP contribution is 2.25. The normalized spacial score (nSPS) is 17.6. The monoisotopic (exact) mass is 444 g/mol. The van der Waals surface area contributed by atoms with Gasteiger partial charge in [0.05, 0.1) is 11.8 Å². The first-order valence-electron chi connectivity index (χ1n) is 10.8. The summed E-state index contributed by atoms with van der Waals surface area (Å²) in [6.07, 6.45) is 3.38. The Morgan fingerprint density at radius 2 is 1.77 bits per heavy atom. The van der Waals surface area contributed by atoms with Crippen LogP contribution in [0.5, 0.6) is 0 Å². The van der Waals surface area contributed by atoms with Crippen molar-refractivity contribution in [3.63, 3.8) is 0 Å². The van der Waals surface area contributed by atoms with Crippen LogP contribution in [-0.2, 0) is 27.2 Å². The number of benzene rings is 2. The zero-order chi connectivity index (χ0) is 22.4. The fourth-order valence-corrected chi connectivity index (χ4v) is 4.45. The molecule has 2 atom stereocenters. The molecule has 0 spiro atoms. The van der Waals surface area contributed by atoms with Crippen LogP contribution < -0.4 is 4.31 Å². The molecule has 1 N–H and O–H groups in total. The maximum absolute atomic E-state index is 11.9. The molecule has 3 rings (SSSR count). The van der Waals surface area contributed by atoms with Gasteiger partial charge in [-0.05, 0) is 75.4 Å². The molecule has 168 valence electrons. The highest BCUT2D eigenvalue weighted by Gasteiger charge is 2.20. The van der Waals surface area contributed by atoms with Crippen molar-refractivity contribution in [3.8, 4) is 11.1 Å². The molecular weight excluding hydrogens is 412 g/mol.